The number of ketones is 1. The van der Waals surface area contributed by atoms with Crippen LogP contribution in [0.2, 0.25) is 0 Å². The first-order valence-corrected chi connectivity index (χ1v) is 5.06. The maximum Gasteiger partial charge on any atom is 0.151 e. The zero-order valence-electron chi connectivity index (χ0n) is 8.05. The van der Waals surface area contributed by atoms with Crippen LogP contribution in [-0.4, -0.2) is 5.78 Å². The summed E-state index contributed by atoms with van der Waals surface area (Å²) in [5.41, 5.74) is 0. The minimum absolute atomic E-state index is 0.0294. The highest BCUT2D eigenvalue weighted by atomic mass is 16.1. The van der Waals surface area contributed by atoms with Crippen LogP contribution in [0.1, 0.15) is 25.7 Å². The molecule has 0 spiro atoms. The van der Waals surface area contributed by atoms with Gasteiger partial charge in [-0.1, -0.05) is 30.1 Å². The Morgan fingerprint density at radius 2 is 2.07 bits per heavy atom. The van der Waals surface area contributed by atoms with Crippen molar-refractivity contribution in [3.63, 3.8) is 0 Å². The molecular weight excluding hydrogens is 172 g/mol. The molecule has 0 amide bonds. The molecule has 0 aliphatic heterocycles. The fourth-order valence-electron chi connectivity index (χ4n) is 1.96. The van der Waals surface area contributed by atoms with Gasteiger partial charge >= 0.3 is 0 Å². The van der Waals surface area contributed by atoms with Crippen molar-refractivity contribution in [1.29, 1.82) is 0 Å². The van der Waals surface area contributed by atoms with E-state index in [2.05, 4.69) is 23.7 Å². The molecule has 1 heteroatoms. The lowest BCUT2D eigenvalue weighted by Gasteiger charge is -2.23. The summed E-state index contributed by atoms with van der Waals surface area (Å²) in [7, 11) is 0. The van der Waals surface area contributed by atoms with E-state index in [0.717, 1.165) is 19.3 Å². The van der Waals surface area contributed by atoms with Crippen LogP contribution in [0.4, 0.5) is 0 Å². The molecule has 0 aromatic carbocycles. The quantitative estimate of drug-likeness (QED) is 0.526. The van der Waals surface area contributed by atoms with Crippen molar-refractivity contribution in [3.05, 3.63) is 12.2 Å². The fourth-order valence-corrected chi connectivity index (χ4v) is 1.96. The fraction of sp³-hybridized carbons (Fsp3) is 0.462. The van der Waals surface area contributed by atoms with Gasteiger partial charge in [0.2, 0.25) is 0 Å². The average molecular weight is 184 g/mol. The topological polar surface area (TPSA) is 17.1 Å². The van der Waals surface area contributed by atoms with Crippen molar-refractivity contribution in [3.8, 4) is 23.7 Å². The maximum absolute atomic E-state index is 11.9. The Bertz CT molecular complexity index is 381. The number of allylic oxidation sites excluding steroid dienone is 2. The molecule has 2 bridgehead atoms. The summed E-state index contributed by atoms with van der Waals surface area (Å²) in [6.45, 7) is 0. The van der Waals surface area contributed by atoms with Gasteiger partial charge < -0.3 is 0 Å². The molecule has 0 aromatic heterocycles. The Morgan fingerprint density at radius 3 is 3.00 bits per heavy atom. The molecule has 1 saturated carbocycles. The number of fused-ring (bicyclic) bond motifs is 2. The number of hydrogen-bond acceptors (Lipinski definition) is 1. The third kappa shape index (κ3) is 1.88. The molecule has 2 unspecified atom stereocenters. The van der Waals surface area contributed by atoms with E-state index < -0.39 is 0 Å². The minimum Gasteiger partial charge on any atom is -0.298 e. The van der Waals surface area contributed by atoms with Gasteiger partial charge in [0.05, 0.1) is 5.92 Å². The molecule has 1 fully saturated rings. The minimum atomic E-state index is -0.0294. The Morgan fingerprint density at radius 1 is 1.21 bits per heavy atom. The summed E-state index contributed by atoms with van der Waals surface area (Å²) in [5, 5.41) is 0. The van der Waals surface area contributed by atoms with Crippen molar-refractivity contribution in [2.24, 2.45) is 11.8 Å². The predicted octanol–water partition coefficient (Wildman–Crippen LogP) is 1.94. The van der Waals surface area contributed by atoms with Gasteiger partial charge in [0.15, 0.2) is 5.78 Å². The van der Waals surface area contributed by atoms with Crippen molar-refractivity contribution < 1.29 is 4.79 Å². The second-order valence-corrected chi connectivity index (χ2v) is 3.73. The van der Waals surface area contributed by atoms with Crippen LogP contribution >= 0.6 is 0 Å². The lowest BCUT2D eigenvalue weighted by molar-refractivity contribution is -0.127. The number of hydrogen-bond donors (Lipinski definition) is 0. The van der Waals surface area contributed by atoms with Crippen molar-refractivity contribution in [2.45, 2.75) is 25.7 Å². The largest absolute Gasteiger partial charge is 0.298 e. The molecule has 2 atom stereocenters. The van der Waals surface area contributed by atoms with Gasteiger partial charge in [-0.15, -0.1) is 0 Å². The van der Waals surface area contributed by atoms with Gasteiger partial charge in [-0.3, -0.25) is 4.79 Å². The smallest absolute Gasteiger partial charge is 0.151 e. The normalized spacial score (nSPS) is 31.9. The van der Waals surface area contributed by atoms with Gasteiger partial charge in [-0.05, 0) is 25.0 Å². The molecule has 0 radical (unpaired) electrons. The lowest BCUT2D eigenvalue weighted by atomic mass is 9.79. The maximum atomic E-state index is 11.9. The van der Waals surface area contributed by atoms with Crippen LogP contribution < -0.4 is 0 Å². The molecule has 70 valence electrons. The highest BCUT2D eigenvalue weighted by Crippen LogP contribution is 2.27. The molecule has 14 heavy (non-hydrogen) atoms. The number of rotatable bonds is 0. The number of carbonyl (C=O) groups excluding carboxylic acids is 1. The van der Waals surface area contributed by atoms with Crippen molar-refractivity contribution in [1.82, 2.24) is 0 Å². The molecule has 0 heterocycles. The monoisotopic (exact) mass is 184 g/mol. The molecule has 0 N–H and O–H groups in total. The van der Waals surface area contributed by atoms with Gasteiger partial charge in [-0.2, -0.15) is 0 Å². The van der Waals surface area contributed by atoms with E-state index in [-0.39, 0.29) is 11.8 Å². The molecule has 2 aliphatic rings. The molecule has 2 aliphatic carbocycles. The third-order valence-corrected chi connectivity index (χ3v) is 2.75. The third-order valence-electron chi connectivity index (χ3n) is 2.75. The summed E-state index contributed by atoms with van der Waals surface area (Å²) in [5.74, 6) is 12.2. The van der Waals surface area contributed by atoms with Crippen LogP contribution in [0.25, 0.3) is 0 Å². The first kappa shape index (κ1) is 9.10. The van der Waals surface area contributed by atoms with Gasteiger partial charge in [0.25, 0.3) is 0 Å². The lowest BCUT2D eigenvalue weighted by Crippen LogP contribution is -2.27. The highest BCUT2D eigenvalue weighted by Gasteiger charge is 2.29. The van der Waals surface area contributed by atoms with E-state index in [0.29, 0.717) is 12.2 Å². The summed E-state index contributed by atoms with van der Waals surface area (Å²) in [4.78, 5) is 11.9. The van der Waals surface area contributed by atoms with Crippen LogP contribution in [0.5, 0.6) is 0 Å². The van der Waals surface area contributed by atoms with Gasteiger partial charge in [0.1, 0.15) is 0 Å². The molecule has 0 saturated heterocycles. The van der Waals surface area contributed by atoms with Crippen LogP contribution in [0, 0.1) is 35.5 Å². The van der Waals surface area contributed by atoms with Gasteiger partial charge in [0, 0.05) is 12.3 Å². The summed E-state index contributed by atoms with van der Waals surface area (Å²) >= 11 is 0. The zero-order valence-corrected chi connectivity index (χ0v) is 8.05. The molecule has 0 aromatic rings. The first-order chi connectivity index (χ1) is 6.88. The summed E-state index contributed by atoms with van der Waals surface area (Å²) in [6.07, 6.45) is 7.25. The zero-order chi connectivity index (χ0) is 9.80. The van der Waals surface area contributed by atoms with Crippen molar-refractivity contribution in [2.75, 3.05) is 0 Å². The second-order valence-electron chi connectivity index (χ2n) is 3.73. The second kappa shape index (κ2) is 4.16. The van der Waals surface area contributed by atoms with E-state index in [4.69, 9.17) is 0 Å². The highest BCUT2D eigenvalue weighted by molar-refractivity contribution is 5.87. The van der Waals surface area contributed by atoms with E-state index in [1.165, 1.54) is 0 Å². The number of Topliss-reactive ketones (excluding diaryl/α,β-unsaturated/α-hetero) is 1. The predicted molar refractivity (Wildman–Crippen MR) is 55.1 cm³/mol. The van der Waals surface area contributed by atoms with E-state index in [1.807, 2.05) is 0 Å². The molecule has 1 nitrogen and oxygen atoms in total. The standard InChI is InChI=1S/C13H12O/c14-13-11-7-4-2-1-3-5-8-12(13)10-6-9-11/h1-2,11-12H,6,8-10H2/b2-1-. The van der Waals surface area contributed by atoms with E-state index in [1.54, 1.807) is 12.2 Å². The van der Waals surface area contributed by atoms with Crippen LogP contribution in [0.15, 0.2) is 12.2 Å². The molecular formula is C13H12O. The van der Waals surface area contributed by atoms with Gasteiger partial charge in [-0.25, -0.2) is 0 Å². The SMILES string of the molecule is O=C1C2C#C/C=C\C#CCC1CCC2. The Kier molecular flexibility index (Phi) is 2.70. The Balaban J connectivity index is 2.27. The first-order valence-electron chi connectivity index (χ1n) is 5.06. The van der Waals surface area contributed by atoms with Crippen LogP contribution in [0.3, 0.4) is 0 Å². The number of carbonyl (C=O) groups is 1. The average Bonchev–Trinajstić information content (AvgIpc) is 2.18. The Hall–Kier alpha value is -1.47. The Labute approximate surface area is 84.6 Å². The van der Waals surface area contributed by atoms with Crippen molar-refractivity contribution >= 4 is 5.78 Å². The van der Waals surface area contributed by atoms with Crippen LogP contribution in [-0.2, 0) is 4.79 Å². The van der Waals surface area contributed by atoms with E-state index in [9.17, 15) is 4.79 Å². The summed E-state index contributed by atoms with van der Waals surface area (Å²) in [6, 6.07) is 0. The molecule has 2 rings (SSSR count). The van der Waals surface area contributed by atoms with E-state index >= 15 is 0 Å². The summed E-state index contributed by atoms with van der Waals surface area (Å²) < 4.78 is 0.